The number of benzene rings is 1. The molecule has 0 spiro atoms. The zero-order valence-electron chi connectivity index (χ0n) is 14.5. The fourth-order valence-electron chi connectivity index (χ4n) is 3.13. The Balaban J connectivity index is 0.000000212. The summed E-state index contributed by atoms with van der Waals surface area (Å²) in [5.74, 6) is 0.413. The van der Waals surface area contributed by atoms with Gasteiger partial charge in [0, 0.05) is 38.6 Å². The Kier molecular flexibility index (Phi) is 7.81. The van der Waals surface area contributed by atoms with Crippen LogP contribution in [0, 0.1) is 0 Å². The summed E-state index contributed by atoms with van der Waals surface area (Å²) in [6.07, 6.45) is 3.57. The lowest BCUT2D eigenvalue weighted by atomic mass is 10.2. The van der Waals surface area contributed by atoms with Crippen molar-refractivity contribution in [2.45, 2.75) is 44.8 Å². The van der Waals surface area contributed by atoms with E-state index in [1.165, 1.54) is 12.1 Å². The van der Waals surface area contributed by atoms with Crippen molar-refractivity contribution >= 4 is 29.1 Å². The van der Waals surface area contributed by atoms with Gasteiger partial charge in [0.25, 0.3) is 0 Å². The van der Waals surface area contributed by atoms with Crippen molar-refractivity contribution in [1.29, 1.82) is 0 Å². The van der Waals surface area contributed by atoms with Gasteiger partial charge in [-0.1, -0.05) is 23.2 Å². The average molecular weight is 389 g/mol. The van der Waals surface area contributed by atoms with Gasteiger partial charge in [0.05, 0.1) is 16.1 Å². The van der Waals surface area contributed by atoms with Crippen LogP contribution >= 0.6 is 23.2 Å². The molecule has 2 aliphatic rings. The molecule has 3 rings (SSSR count). The molecule has 0 aromatic heterocycles. The van der Waals surface area contributed by atoms with Crippen molar-refractivity contribution in [3.63, 3.8) is 0 Å². The second-order valence-electron chi connectivity index (χ2n) is 6.68. The molecular formula is C18H26Cl2N2O3. The van der Waals surface area contributed by atoms with E-state index in [1.54, 1.807) is 6.07 Å². The molecule has 2 atom stereocenters. The molecule has 2 fully saturated rings. The molecule has 2 N–H and O–H groups in total. The van der Waals surface area contributed by atoms with Gasteiger partial charge >= 0.3 is 0 Å². The van der Waals surface area contributed by atoms with Gasteiger partial charge in [0.1, 0.15) is 5.75 Å². The Morgan fingerprint density at radius 1 is 1.24 bits per heavy atom. The van der Waals surface area contributed by atoms with E-state index in [2.05, 4.69) is 11.8 Å². The summed E-state index contributed by atoms with van der Waals surface area (Å²) < 4.78 is 0. The zero-order valence-corrected chi connectivity index (χ0v) is 16.0. The van der Waals surface area contributed by atoms with Crippen molar-refractivity contribution in [3.05, 3.63) is 28.2 Å². The first-order valence-corrected chi connectivity index (χ1v) is 9.46. The van der Waals surface area contributed by atoms with Gasteiger partial charge in [0.15, 0.2) is 0 Å². The number of phenols is 1. The lowest BCUT2D eigenvalue weighted by Crippen LogP contribution is -2.37. The van der Waals surface area contributed by atoms with E-state index in [-0.39, 0.29) is 23.8 Å². The molecule has 2 saturated heterocycles. The molecular weight excluding hydrogens is 363 g/mol. The van der Waals surface area contributed by atoms with E-state index in [4.69, 9.17) is 28.3 Å². The topological polar surface area (TPSA) is 64.0 Å². The van der Waals surface area contributed by atoms with Crippen LogP contribution in [0.1, 0.15) is 32.6 Å². The van der Waals surface area contributed by atoms with Crippen LogP contribution in [0.5, 0.6) is 5.75 Å². The summed E-state index contributed by atoms with van der Waals surface area (Å²) in [4.78, 5) is 16.1. The second kappa shape index (κ2) is 9.62. The molecule has 140 valence electrons. The minimum atomic E-state index is -0.190. The summed E-state index contributed by atoms with van der Waals surface area (Å²) in [5.41, 5.74) is 0. The number of β-amino-alcohol motifs (C(OH)–C–C–N with tert-alkyl or cyclic N) is 1. The molecule has 5 nitrogen and oxygen atoms in total. The number of likely N-dealkylation sites (tertiary alicyclic amines) is 2. The lowest BCUT2D eigenvalue weighted by molar-refractivity contribution is -0.131. The summed E-state index contributed by atoms with van der Waals surface area (Å²) in [6.45, 7) is 5.62. The first kappa shape index (κ1) is 20.3. The molecule has 1 aromatic rings. The fourth-order valence-corrected chi connectivity index (χ4v) is 3.42. The number of hydrogen-bond donors (Lipinski definition) is 2. The van der Waals surface area contributed by atoms with Crippen LogP contribution in [-0.2, 0) is 4.79 Å². The van der Waals surface area contributed by atoms with Crippen LogP contribution in [0.15, 0.2) is 18.2 Å². The molecule has 0 bridgehead atoms. The average Bonchev–Trinajstić information content (AvgIpc) is 3.23. The Labute approximate surface area is 159 Å². The van der Waals surface area contributed by atoms with Crippen LogP contribution in [0.2, 0.25) is 10.0 Å². The van der Waals surface area contributed by atoms with Gasteiger partial charge in [-0.3, -0.25) is 9.69 Å². The van der Waals surface area contributed by atoms with E-state index in [1.807, 2.05) is 4.90 Å². The van der Waals surface area contributed by atoms with E-state index in [0.717, 1.165) is 45.4 Å². The molecule has 0 aliphatic carbocycles. The van der Waals surface area contributed by atoms with Gasteiger partial charge < -0.3 is 15.1 Å². The van der Waals surface area contributed by atoms with Crippen LogP contribution in [0.3, 0.4) is 0 Å². The Bertz CT molecular complexity index is 579. The highest BCUT2D eigenvalue weighted by molar-refractivity contribution is 6.42. The molecule has 1 amide bonds. The maximum absolute atomic E-state index is 11.9. The standard InChI is InChI=1S/C12H22N2O2.C6H4Cl2O/c1-10(14-7-4-11(15)9-14)8-12(16)13-5-2-3-6-13;7-5-2-1-4(9)3-6(5)8/h10-11,15H,2-9H2,1H3;1-3,9H. The predicted octanol–water partition coefficient (Wildman–Crippen LogP) is 3.15. The molecule has 2 heterocycles. The summed E-state index contributed by atoms with van der Waals surface area (Å²) in [5, 5.41) is 19.1. The maximum Gasteiger partial charge on any atom is 0.224 e. The Morgan fingerprint density at radius 3 is 2.44 bits per heavy atom. The molecule has 1 aromatic carbocycles. The first-order valence-electron chi connectivity index (χ1n) is 8.70. The maximum atomic E-state index is 11.9. The number of aromatic hydroxyl groups is 1. The molecule has 2 unspecified atom stereocenters. The number of amides is 1. The minimum Gasteiger partial charge on any atom is -0.508 e. The number of carbonyl (C=O) groups excluding carboxylic acids is 1. The third-order valence-electron chi connectivity index (χ3n) is 4.65. The number of carbonyl (C=O) groups is 1. The predicted molar refractivity (Wildman–Crippen MR) is 100 cm³/mol. The Hall–Kier alpha value is -1.01. The quantitative estimate of drug-likeness (QED) is 0.834. The zero-order chi connectivity index (χ0) is 18.4. The molecule has 2 aliphatic heterocycles. The number of phenolic OH excluding ortho intramolecular Hbond substituents is 1. The SMILES string of the molecule is CC(CC(=O)N1CCCC1)N1CCC(O)C1.Oc1ccc(Cl)c(Cl)c1. The van der Waals surface area contributed by atoms with E-state index < -0.39 is 0 Å². The van der Waals surface area contributed by atoms with Gasteiger partial charge in [-0.15, -0.1) is 0 Å². The number of hydrogen-bond acceptors (Lipinski definition) is 4. The van der Waals surface area contributed by atoms with E-state index >= 15 is 0 Å². The number of aliphatic hydroxyl groups excluding tert-OH is 1. The molecule has 0 radical (unpaired) electrons. The van der Waals surface area contributed by atoms with Crippen LogP contribution < -0.4 is 0 Å². The summed E-state index contributed by atoms with van der Waals surface area (Å²) in [6, 6.07) is 4.68. The largest absolute Gasteiger partial charge is 0.508 e. The van der Waals surface area contributed by atoms with Crippen molar-refractivity contribution in [2.24, 2.45) is 0 Å². The van der Waals surface area contributed by atoms with E-state index in [0.29, 0.717) is 16.5 Å². The summed E-state index contributed by atoms with van der Waals surface area (Å²) in [7, 11) is 0. The van der Waals surface area contributed by atoms with Gasteiger partial charge in [-0.05, 0) is 44.4 Å². The minimum absolute atomic E-state index is 0.129. The number of halogens is 2. The summed E-state index contributed by atoms with van der Waals surface area (Å²) >= 11 is 11.1. The highest BCUT2D eigenvalue weighted by Gasteiger charge is 2.27. The highest BCUT2D eigenvalue weighted by Crippen LogP contribution is 2.25. The van der Waals surface area contributed by atoms with Crippen molar-refractivity contribution in [1.82, 2.24) is 9.80 Å². The second-order valence-corrected chi connectivity index (χ2v) is 7.49. The van der Waals surface area contributed by atoms with Crippen molar-refractivity contribution in [3.8, 4) is 5.75 Å². The van der Waals surface area contributed by atoms with Gasteiger partial charge in [0.2, 0.25) is 5.91 Å². The van der Waals surface area contributed by atoms with Crippen LogP contribution in [-0.4, -0.2) is 64.2 Å². The molecule has 0 saturated carbocycles. The first-order chi connectivity index (χ1) is 11.9. The lowest BCUT2D eigenvalue weighted by Gasteiger charge is -2.25. The molecule has 7 heteroatoms. The monoisotopic (exact) mass is 388 g/mol. The molecule has 25 heavy (non-hydrogen) atoms. The van der Waals surface area contributed by atoms with Gasteiger partial charge in [-0.2, -0.15) is 0 Å². The third-order valence-corrected chi connectivity index (χ3v) is 5.39. The number of aliphatic hydroxyl groups is 1. The number of rotatable bonds is 3. The van der Waals surface area contributed by atoms with Crippen molar-refractivity contribution in [2.75, 3.05) is 26.2 Å². The third kappa shape index (κ3) is 6.33. The fraction of sp³-hybridized carbons (Fsp3) is 0.611. The van der Waals surface area contributed by atoms with Crippen LogP contribution in [0.4, 0.5) is 0 Å². The van der Waals surface area contributed by atoms with Crippen LogP contribution in [0.25, 0.3) is 0 Å². The smallest absolute Gasteiger partial charge is 0.224 e. The van der Waals surface area contributed by atoms with Gasteiger partial charge in [-0.25, -0.2) is 0 Å². The Morgan fingerprint density at radius 2 is 1.92 bits per heavy atom. The van der Waals surface area contributed by atoms with E-state index in [9.17, 15) is 9.90 Å². The number of nitrogens with zero attached hydrogens (tertiary/aromatic N) is 2. The normalized spacial score (nSPS) is 21.8. The van der Waals surface area contributed by atoms with Crippen molar-refractivity contribution < 1.29 is 15.0 Å². The highest BCUT2D eigenvalue weighted by atomic mass is 35.5.